The SMILES string of the molecule is CCC(C)NC(=NC)NCCc1cc(F)cc(F)c1. The van der Waals surface area contributed by atoms with Crippen LogP contribution >= 0.6 is 0 Å². The maximum Gasteiger partial charge on any atom is 0.191 e. The monoisotopic (exact) mass is 269 g/mol. The maximum absolute atomic E-state index is 13.0. The Morgan fingerprint density at radius 3 is 2.42 bits per heavy atom. The van der Waals surface area contributed by atoms with Crippen LogP contribution in [-0.2, 0) is 6.42 Å². The molecular weight excluding hydrogens is 248 g/mol. The number of aliphatic imine (C=N–C) groups is 1. The number of nitrogens with zero attached hydrogens (tertiary/aromatic N) is 1. The van der Waals surface area contributed by atoms with Crippen LogP contribution in [-0.4, -0.2) is 25.6 Å². The van der Waals surface area contributed by atoms with Crippen LogP contribution in [0.5, 0.6) is 0 Å². The number of hydrogen-bond acceptors (Lipinski definition) is 1. The van der Waals surface area contributed by atoms with Gasteiger partial charge in [-0.05, 0) is 37.5 Å². The van der Waals surface area contributed by atoms with Crippen LogP contribution in [0.15, 0.2) is 23.2 Å². The zero-order valence-corrected chi connectivity index (χ0v) is 11.6. The van der Waals surface area contributed by atoms with Crippen LogP contribution in [0.25, 0.3) is 0 Å². The fourth-order valence-corrected chi connectivity index (χ4v) is 1.61. The Kier molecular flexibility index (Phi) is 6.25. The summed E-state index contributed by atoms with van der Waals surface area (Å²) in [6.45, 7) is 4.72. The lowest BCUT2D eigenvalue weighted by molar-refractivity contribution is 0.579. The van der Waals surface area contributed by atoms with Gasteiger partial charge in [0.1, 0.15) is 11.6 Å². The highest BCUT2D eigenvalue weighted by molar-refractivity contribution is 5.79. The molecule has 3 nitrogen and oxygen atoms in total. The third-order valence-electron chi connectivity index (χ3n) is 2.85. The van der Waals surface area contributed by atoms with E-state index < -0.39 is 11.6 Å². The van der Waals surface area contributed by atoms with Gasteiger partial charge >= 0.3 is 0 Å². The molecule has 0 bridgehead atoms. The molecule has 0 aliphatic carbocycles. The third kappa shape index (κ3) is 5.68. The van der Waals surface area contributed by atoms with Crippen molar-refractivity contribution in [1.29, 1.82) is 0 Å². The molecular formula is C14H21F2N3. The van der Waals surface area contributed by atoms with Gasteiger partial charge in [0, 0.05) is 25.7 Å². The second kappa shape index (κ2) is 7.71. The van der Waals surface area contributed by atoms with Crippen LogP contribution in [0.4, 0.5) is 8.78 Å². The van der Waals surface area contributed by atoms with E-state index in [4.69, 9.17) is 0 Å². The van der Waals surface area contributed by atoms with Crippen LogP contribution in [0.1, 0.15) is 25.8 Å². The van der Waals surface area contributed by atoms with Crippen molar-refractivity contribution in [2.75, 3.05) is 13.6 Å². The Labute approximate surface area is 113 Å². The van der Waals surface area contributed by atoms with Gasteiger partial charge in [-0.15, -0.1) is 0 Å². The highest BCUT2D eigenvalue weighted by atomic mass is 19.1. The van der Waals surface area contributed by atoms with E-state index in [9.17, 15) is 8.78 Å². The second-order valence-corrected chi connectivity index (χ2v) is 4.48. The molecule has 1 aromatic carbocycles. The molecule has 1 rings (SSSR count). The van der Waals surface area contributed by atoms with E-state index in [2.05, 4.69) is 29.5 Å². The summed E-state index contributed by atoms with van der Waals surface area (Å²) in [6, 6.07) is 3.89. The van der Waals surface area contributed by atoms with Crippen molar-refractivity contribution in [2.24, 2.45) is 4.99 Å². The van der Waals surface area contributed by atoms with Gasteiger partial charge in [0.2, 0.25) is 0 Å². The summed E-state index contributed by atoms with van der Waals surface area (Å²) in [7, 11) is 1.69. The molecule has 5 heteroatoms. The van der Waals surface area contributed by atoms with E-state index in [-0.39, 0.29) is 0 Å². The number of halogens is 2. The summed E-state index contributed by atoms with van der Waals surface area (Å²) in [4.78, 5) is 4.09. The number of nitrogens with one attached hydrogen (secondary N) is 2. The summed E-state index contributed by atoms with van der Waals surface area (Å²) in [5.74, 6) is -0.388. The zero-order valence-electron chi connectivity index (χ0n) is 11.6. The molecule has 0 aromatic heterocycles. The van der Waals surface area contributed by atoms with E-state index in [0.717, 1.165) is 12.5 Å². The average molecular weight is 269 g/mol. The van der Waals surface area contributed by atoms with Crippen molar-refractivity contribution in [3.63, 3.8) is 0 Å². The summed E-state index contributed by atoms with van der Waals surface area (Å²) in [5.41, 5.74) is 0.629. The lowest BCUT2D eigenvalue weighted by atomic mass is 10.1. The normalized spacial score (nSPS) is 13.2. The van der Waals surface area contributed by atoms with Gasteiger partial charge in [0.15, 0.2) is 5.96 Å². The van der Waals surface area contributed by atoms with Gasteiger partial charge in [-0.3, -0.25) is 4.99 Å². The Balaban J connectivity index is 2.44. The highest BCUT2D eigenvalue weighted by Gasteiger charge is 2.03. The van der Waals surface area contributed by atoms with Gasteiger partial charge < -0.3 is 10.6 Å². The van der Waals surface area contributed by atoms with Crippen molar-refractivity contribution in [2.45, 2.75) is 32.7 Å². The maximum atomic E-state index is 13.0. The van der Waals surface area contributed by atoms with E-state index in [1.54, 1.807) is 7.05 Å². The van der Waals surface area contributed by atoms with E-state index in [0.29, 0.717) is 30.5 Å². The molecule has 1 atom stereocenters. The lowest BCUT2D eigenvalue weighted by Crippen LogP contribution is -2.42. The minimum atomic E-state index is -0.544. The molecule has 0 heterocycles. The Morgan fingerprint density at radius 2 is 1.89 bits per heavy atom. The van der Waals surface area contributed by atoms with Gasteiger partial charge in [0.05, 0.1) is 0 Å². The number of hydrogen-bond donors (Lipinski definition) is 2. The number of benzene rings is 1. The quantitative estimate of drug-likeness (QED) is 0.636. The molecule has 2 N–H and O–H groups in total. The number of rotatable bonds is 5. The second-order valence-electron chi connectivity index (χ2n) is 4.48. The molecule has 0 spiro atoms. The predicted octanol–water partition coefficient (Wildman–Crippen LogP) is 2.47. The standard InChI is InChI=1S/C14H21F2N3/c1-4-10(2)19-14(17-3)18-6-5-11-7-12(15)9-13(16)8-11/h7-10H,4-6H2,1-3H3,(H2,17,18,19). The molecule has 0 saturated carbocycles. The topological polar surface area (TPSA) is 36.4 Å². The Bertz CT molecular complexity index is 412. The minimum absolute atomic E-state index is 0.331. The van der Waals surface area contributed by atoms with E-state index in [1.807, 2.05) is 0 Å². The van der Waals surface area contributed by atoms with Gasteiger partial charge in [-0.2, -0.15) is 0 Å². The van der Waals surface area contributed by atoms with E-state index in [1.165, 1.54) is 12.1 Å². The molecule has 19 heavy (non-hydrogen) atoms. The number of guanidine groups is 1. The summed E-state index contributed by atoms with van der Waals surface area (Å²) in [5, 5.41) is 6.33. The largest absolute Gasteiger partial charge is 0.356 e. The predicted molar refractivity (Wildman–Crippen MR) is 74.3 cm³/mol. The van der Waals surface area contributed by atoms with Crippen molar-refractivity contribution in [1.82, 2.24) is 10.6 Å². The first-order valence-corrected chi connectivity index (χ1v) is 6.47. The van der Waals surface area contributed by atoms with Gasteiger partial charge in [-0.1, -0.05) is 6.92 Å². The first-order chi connectivity index (χ1) is 9.05. The summed E-state index contributed by atoms with van der Waals surface area (Å²) < 4.78 is 26.0. The first-order valence-electron chi connectivity index (χ1n) is 6.47. The van der Waals surface area contributed by atoms with Gasteiger partial charge in [-0.25, -0.2) is 8.78 Å². The molecule has 1 unspecified atom stereocenters. The minimum Gasteiger partial charge on any atom is -0.356 e. The van der Waals surface area contributed by atoms with Crippen molar-refractivity contribution >= 4 is 5.96 Å². The van der Waals surface area contributed by atoms with E-state index >= 15 is 0 Å². The molecule has 0 fully saturated rings. The molecule has 0 radical (unpaired) electrons. The molecule has 0 amide bonds. The average Bonchev–Trinajstić information content (AvgIpc) is 2.36. The third-order valence-corrected chi connectivity index (χ3v) is 2.85. The summed E-state index contributed by atoms with van der Waals surface area (Å²) in [6.07, 6.45) is 1.53. The van der Waals surface area contributed by atoms with Crippen molar-refractivity contribution < 1.29 is 8.78 Å². The molecule has 1 aromatic rings. The van der Waals surface area contributed by atoms with Gasteiger partial charge in [0.25, 0.3) is 0 Å². The fourth-order valence-electron chi connectivity index (χ4n) is 1.61. The Hall–Kier alpha value is -1.65. The molecule has 0 aliphatic heterocycles. The highest BCUT2D eigenvalue weighted by Crippen LogP contribution is 2.08. The molecule has 0 saturated heterocycles. The molecule has 0 aliphatic rings. The Morgan fingerprint density at radius 1 is 1.26 bits per heavy atom. The zero-order chi connectivity index (χ0) is 14.3. The van der Waals surface area contributed by atoms with Crippen LogP contribution in [0, 0.1) is 11.6 Å². The summed E-state index contributed by atoms with van der Waals surface area (Å²) >= 11 is 0. The fraction of sp³-hybridized carbons (Fsp3) is 0.500. The first kappa shape index (κ1) is 15.4. The van der Waals surface area contributed by atoms with Crippen molar-refractivity contribution in [3.8, 4) is 0 Å². The van der Waals surface area contributed by atoms with Crippen LogP contribution in [0.3, 0.4) is 0 Å². The van der Waals surface area contributed by atoms with Crippen molar-refractivity contribution in [3.05, 3.63) is 35.4 Å². The van der Waals surface area contributed by atoms with Crippen LogP contribution in [0.2, 0.25) is 0 Å². The lowest BCUT2D eigenvalue weighted by Gasteiger charge is -2.16. The smallest absolute Gasteiger partial charge is 0.191 e. The molecule has 106 valence electrons. The van der Waals surface area contributed by atoms with Crippen LogP contribution < -0.4 is 10.6 Å².